The normalized spacial score (nSPS) is 17.6. The molecule has 2 aliphatic rings. The van der Waals surface area contributed by atoms with Gasteiger partial charge in [0.2, 0.25) is 0 Å². The van der Waals surface area contributed by atoms with Gasteiger partial charge >= 0.3 is 0 Å². The Labute approximate surface area is 174 Å². The number of carbonyl (C=O) groups is 1. The van der Waals surface area contributed by atoms with E-state index in [9.17, 15) is 4.79 Å². The highest BCUT2D eigenvalue weighted by atomic mass is 32.2. The Bertz CT molecular complexity index is 1120. The van der Waals surface area contributed by atoms with Crippen molar-refractivity contribution >= 4 is 34.5 Å². The van der Waals surface area contributed by atoms with Gasteiger partial charge in [-0.2, -0.15) is 0 Å². The van der Waals surface area contributed by atoms with Crippen molar-refractivity contribution in [3.63, 3.8) is 0 Å². The lowest BCUT2D eigenvalue weighted by Gasteiger charge is -2.25. The van der Waals surface area contributed by atoms with E-state index in [1.54, 1.807) is 18.9 Å². The Kier molecular flexibility index (Phi) is 4.64. The van der Waals surface area contributed by atoms with Gasteiger partial charge in [0.05, 0.1) is 18.5 Å². The SMILES string of the molecule is COc1ccc(C2CC(=O)C=C(c3ccc4c(c3)Nc3ccccc3S4)C2)cc1. The number of hydrogen-bond donors (Lipinski definition) is 1. The minimum absolute atomic E-state index is 0.192. The number of para-hydroxylation sites is 1. The number of anilines is 2. The van der Waals surface area contributed by atoms with Gasteiger partial charge in [-0.3, -0.25) is 4.79 Å². The first-order valence-electron chi connectivity index (χ1n) is 9.75. The fraction of sp³-hybridized carbons (Fsp3) is 0.160. The molecule has 1 unspecified atom stereocenters. The van der Waals surface area contributed by atoms with E-state index in [0.717, 1.165) is 34.7 Å². The van der Waals surface area contributed by atoms with Gasteiger partial charge in [0, 0.05) is 16.2 Å². The highest BCUT2D eigenvalue weighted by molar-refractivity contribution is 7.99. The van der Waals surface area contributed by atoms with Crippen molar-refractivity contribution in [2.45, 2.75) is 28.6 Å². The molecule has 3 aromatic carbocycles. The van der Waals surface area contributed by atoms with Gasteiger partial charge in [-0.05, 0) is 71.5 Å². The van der Waals surface area contributed by atoms with Crippen LogP contribution in [-0.4, -0.2) is 12.9 Å². The molecular formula is C25H21NO2S. The topological polar surface area (TPSA) is 38.3 Å². The standard InChI is InChI=1S/C25H21NO2S/c1-28-21-9-6-16(7-10-21)18-12-19(14-20(27)13-18)17-8-11-25-23(15-17)26-22-4-2-3-5-24(22)29-25/h2-11,14-15,18,26H,12-13H2,1H3. The zero-order valence-electron chi connectivity index (χ0n) is 16.1. The van der Waals surface area contributed by atoms with E-state index in [2.05, 4.69) is 53.8 Å². The van der Waals surface area contributed by atoms with Gasteiger partial charge in [-0.25, -0.2) is 0 Å². The van der Waals surface area contributed by atoms with Crippen LogP contribution in [0.15, 0.2) is 82.6 Å². The third-order valence-corrected chi connectivity index (χ3v) is 6.71. The van der Waals surface area contributed by atoms with Crippen LogP contribution in [-0.2, 0) is 4.79 Å². The second-order valence-electron chi connectivity index (χ2n) is 7.45. The van der Waals surface area contributed by atoms with Crippen molar-refractivity contribution < 1.29 is 9.53 Å². The molecule has 1 N–H and O–H groups in total. The molecule has 1 heterocycles. The maximum Gasteiger partial charge on any atom is 0.156 e. The molecule has 29 heavy (non-hydrogen) atoms. The molecule has 0 fully saturated rings. The van der Waals surface area contributed by atoms with Crippen molar-refractivity contribution in [2.75, 3.05) is 12.4 Å². The van der Waals surface area contributed by atoms with E-state index in [-0.39, 0.29) is 11.7 Å². The fourth-order valence-electron chi connectivity index (χ4n) is 4.04. The quantitative estimate of drug-likeness (QED) is 0.431. The first-order chi connectivity index (χ1) is 14.2. The smallest absolute Gasteiger partial charge is 0.156 e. The number of ketones is 1. The fourth-order valence-corrected chi connectivity index (χ4v) is 5.01. The van der Waals surface area contributed by atoms with Crippen LogP contribution >= 0.6 is 11.8 Å². The summed E-state index contributed by atoms with van der Waals surface area (Å²) in [5.74, 6) is 1.23. The average Bonchev–Trinajstić information content (AvgIpc) is 2.77. The Morgan fingerprint density at radius 2 is 1.72 bits per heavy atom. The zero-order chi connectivity index (χ0) is 19.8. The molecule has 3 nitrogen and oxygen atoms in total. The first kappa shape index (κ1) is 18.1. The number of benzene rings is 3. The summed E-state index contributed by atoms with van der Waals surface area (Å²) in [6.45, 7) is 0. The van der Waals surface area contributed by atoms with E-state index in [1.807, 2.05) is 24.3 Å². The zero-order valence-corrected chi connectivity index (χ0v) is 17.0. The number of ether oxygens (including phenoxy) is 1. The molecule has 3 aromatic rings. The molecule has 1 aliphatic heterocycles. The summed E-state index contributed by atoms with van der Waals surface area (Å²) in [5, 5.41) is 3.54. The molecule has 4 heteroatoms. The molecule has 0 saturated carbocycles. The van der Waals surface area contributed by atoms with Crippen molar-refractivity contribution in [2.24, 2.45) is 0 Å². The van der Waals surface area contributed by atoms with Crippen LogP contribution in [0.1, 0.15) is 29.9 Å². The Hall–Kier alpha value is -2.98. The third-order valence-electron chi connectivity index (χ3n) is 5.56. The van der Waals surface area contributed by atoms with Crippen molar-refractivity contribution in [3.05, 3.63) is 83.9 Å². The molecule has 0 aromatic heterocycles. The summed E-state index contributed by atoms with van der Waals surface area (Å²) in [4.78, 5) is 14.9. The molecule has 5 rings (SSSR count). The number of rotatable bonds is 3. The Morgan fingerprint density at radius 1 is 0.931 bits per heavy atom. The lowest BCUT2D eigenvalue weighted by molar-refractivity contribution is -0.115. The van der Waals surface area contributed by atoms with Gasteiger partial charge in [-0.1, -0.05) is 42.1 Å². The first-order valence-corrected chi connectivity index (χ1v) is 10.6. The molecule has 1 atom stereocenters. The summed E-state index contributed by atoms with van der Waals surface area (Å²) in [5.41, 5.74) is 5.64. The molecule has 0 spiro atoms. The van der Waals surface area contributed by atoms with Gasteiger partial charge in [0.25, 0.3) is 0 Å². The lowest BCUT2D eigenvalue weighted by atomic mass is 9.81. The van der Waals surface area contributed by atoms with Gasteiger partial charge in [0.15, 0.2) is 5.78 Å². The van der Waals surface area contributed by atoms with Crippen LogP contribution in [0.2, 0.25) is 0 Å². The second kappa shape index (κ2) is 7.45. The molecule has 0 amide bonds. The number of nitrogens with one attached hydrogen (secondary N) is 1. The van der Waals surface area contributed by atoms with E-state index in [1.165, 1.54) is 15.4 Å². The average molecular weight is 400 g/mol. The molecule has 0 bridgehead atoms. The lowest BCUT2D eigenvalue weighted by Crippen LogP contribution is -2.12. The van der Waals surface area contributed by atoms with Crippen molar-refractivity contribution in [1.82, 2.24) is 0 Å². The predicted octanol–water partition coefficient (Wildman–Crippen LogP) is 6.43. The van der Waals surface area contributed by atoms with Crippen LogP contribution in [0.25, 0.3) is 5.57 Å². The molecule has 1 aliphatic carbocycles. The van der Waals surface area contributed by atoms with E-state index >= 15 is 0 Å². The second-order valence-corrected chi connectivity index (χ2v) is 8.53. The number of carbonyl (C=O) groups excluding carboxylic acids is 1. The molecule has 0 radical (unpaired) electrons. The maximum atomic E-state index is 12.5. The van der Waals surface area contributed by atoms with E-state index in [4.69, 9.17) is 4.74 Å². The summed E-state index contributed by atoms with van der Waals surface area (Å²) in [7, 11) is 1.67. The minimum Gasteiger partial charge on any atom is -0.497 e. The van der Waals surface area contributed by atoms with E-state index in [0.29, 0.717) is 6.42 Å². The third kappa shape index (κ3) is 3.56. The summed E-state index contributed by atoms with van der Waals surface area (Å²) in [6, 6.07) is 22.9. The van der Waals surface area contributed by atoms with Crippen LogP contribution in [0.3, 0.4) is 0 Å². The van der Waals surface area contributed by atoms with Crippen molar-refractivity contribution in [3.8, 4) is 5.75 Å². The Morgan fingerprint density at radius 3 is 2.55 bits per heavy atom. The number of hydrogen-bond acceptors (Lipinski definition) is 4. The Balaban J connectivity index is 1.42. The van der Waals surface area contributed by atoms with E-state index < -0.39 is 0 Å². The molecule has 144 valence electrons. The summed E-state index contributed by atoms with van der Waals surface area (Å²) >= 11 is 1.78. The largest absolute Gasteiger partial charge is 0.497 e. The van der Waals surface area contributed by atoms with Gasteiger partial charge < -0.3 is 10.1 Å². The van der Waals surface area contributed by atoms with Crippen LogP contribution in [0.4, 0.5) is 11.4 Å². The van der Waals surface area contributed by atoms with Gasteiger partial charge in [0.1, 0.15) is 5.75 Å². The predicted molar refractivity (Wildman–Crippen MR) is 118 cm³/mol. The molecular weight excluding hydrogens is 378 g/mol. The molecule has 0 saturated heterocycles. The van der Waals surface area contributed by atoms with Crippen LogP contribution in [0, 0.1) is 0 Å². The highest BCUT2D eigenvalue weighted by Gasteiger charge is 2.24. The van der Waals surface area contributed by atoms with Crippen molar-refractivity contribution in [1.29, 1.82) is 0 Å². The van der Waals surface area contributed by atoms with Crippen LogP contribution in [0.5, 0.6) is 5.75 Å². The monoisotopic (exact) mass is 399 g/mol. The minimum atomic E-state index is 0.192. The number of fused-ring (bicyclic) bond motifs is 2. The summed E-state index contributed by atoms with van der Waals surface area (Å²) in [6.07, 6.45) is 3.24. The van der Waals surface area contributed by atoms with Crippen LogP contribution < -0.4 is 10.1 Å². The maximum absolute atomic E-state index is 12.5. The van der Waals surface area contributed by atoms with Gasteiger partial charge in [-0.15, -0.1) is 0 Å². The number of methoxy groups -OCH3 is 1. The number of allylic oxidation sites excluding steroid dienone is 2. The highest BCUT2D eigenvalue weighted by Crippen LogP contribution is 2.45. The summed E-state index contributed by atoms with van der Waals surface area (Å²) < 4.78 is 5.26.